The average Bonchev–Trinajstić information content (AvgIpc) is 3.52. The summed E-state index contributed by atoms with van der Waals surface area (Å²) in [5, 5.41) is 5.98. The minimum atomic E-state index is -0.0858. The van der Waals surface area contributed by atoms with Gasteiger partial charge in [0.2, 0.25) is 0 Å². The van der Waals surface area contributed by atoms with Crippen LogP contribution >= 0.6 is 11.8 Å². The van der Waals surface area contributed by atoms with E-state index < -0.39 is 0 Å². The Morgan fingerprint density at radius 3 is 2.46 bits per heavy atom. The van der Waals surface area contributed by atoms with Crippen LogP contribution in [0.3, 0.4) is 0 Å². The van der Waals surface area contributed by atoms with Gasteiger partial charge in [0, 0.05) is 41.1 Å². The first-order valence-electron chi connectivity index (χ1n) is 13.0. The number of fused-ring (bicyclic) bond motifs is 2. The molecule has 1 saturated carbocycles. The summed E-state index contributed by atoms with van der Waals surface area (Å²) in [4.78, 5) is 33.9. The van der Waals surface area contributed by atoms with Crippen LogP contribution in [0.2, 0.25) is 0 Å². The molecule has 6 nitrogen and oxygen atoms in total. The smallest absolute Gasteiger partial charge is 0.322 e. The SMILES string of the molecule is CCNC(=O)c1ccc(-c2ccc3c(n2)C2(CCCC2)CN3C(=O)NCc2ccc(SC)cc2)c(C)c1. The van der Waals surface area contributed by atoms with E-state index in [0.717, 1.165) is 59.4 Å². The van der Waals surface area contributed by atoms with Crippen LogP contribution in [0.25, 0.3) is 11.3 Å². The van der Waals surface area contributed by atoms with Crippen molar-refractivity contribution in [1.29, 1.82) is 0 Å². The molecule has 1 aromatic heterocycles. The maximum Gasteiger partial charge on any atom is 0.322 e. The number of nitrogens with zero attached hydrogens (tertiary/aromatic N) is 2. The van der Waals surface area contributed by atoms with E-state index in [2.05, 4.69) is 47.2 Å². The number of urea groups is 1. The summed E-state index contributed by atoms with van der Waals surface area (Å²) in [5.41, 5.74) is 6.52. The Balaban J connectivity index is 1.40. The third-order valence-electron chi connectivity index (χ3n) is 7.64. The second-order valence-electron chi connectivity index (χ2n) is 10.0. The first kappa shape index (κ1) is 25.3. The summed E-state index contributed by atoms with van der Waals surface area (Å²) in [6.07, 6.45) is 6.46. The molecule has 1 fully saturated rings. The molecular weight excluding hydrogens is 480 g/mol. The molecule has 3 aromatic rings. The molecule has 0 unspecified atom stereocenters. The highest BCUT2D eigenvalue weighted by Crippen LogP contribution is 2.50. The van der Waals surface area contributed by atoms with Crippen molar-refractivity contribution >= 4 is 29.4 Å². The molecule has 2 aliphatic rings. The molecule has 7 heteroatoms. The van der Waals surface area contributed by atoms with E-state index in [1.165, 1.54) is 4.90 Å². The third-order valence-corrected chi connectivity index (χ3v) is 8.38. The van der Waals surface area contributed by atoms with E-state index in [4.69, 9.17) is 4.98 Å². The number of thioether (sulfide) groups is 1. The van der Waals surface area contributed by atoms with Gasteiger partial charge in [-0.1, -0.05) is 31.0 Å². The lowest BCUT2D eigenvalue weighted by Crippen LogP contribution is -2.41. The second kappa shape index (κ2) is 10.6. The number of carbonyl (C=O) groups is 2. The van der Waals surface area contributed by atoms with Crippen LogP contribution in [0.15, 0.2) is 59.5 Å². The Bertz CT molecular complexity index is 1320. The number of benzene rings is 2. The fraction of sp³-hybridized carbons (Fsp3) is 0.367. The number of carbonyl (C=O) groups excluding carboxylic acids is 2. The Kier molecular flexibility index (Phi) is 7.24. The number of hydrogen-bond acceptors (Lipinski definition) is 4. The molecule has 192 valence electrons. The lowest BCUT2D eigenvalue weighted by Gasteiger charge is -2.24. The predicted octanol–water partition coefficient (Wildman–Crippen LogP) is 6.07. The van der Waals surface area contributed by atoms with Gasteiger partial charge in [0.25, 0.3) is 5.91 Å². The standard InChI is InChI=1S/C30H34N4O2S/c1-4-31-28(35)22-9-12-24(20(2)17-22)25-13-14-26-27(33-25)30(15-5-6-16-30)19-34(26)29(36)32-18-21-7-10-23(37-3)11-8-21/h7-14,17H,4-6,15-16,18-19H2,1-3H3,(H,31,35)(H,32,36). The first-order valence-corrected chi connectivity index (χ1v) is 14.3. The molecule has 0 radical (unpaired) electrons. The van der Waals surface area contributed by atoms with Gasteiger partial charge in [0.05, 0.1) is 17.1 Å². The number of amides is 3. The molecule has 2 aromatic carbocycles. The quantitative estimate of drug-likeness (QED) is 0.392. The Labute approximate surface area is 223 Å². The zero-order chi connectivity index (χ0) is 26.0. The van der Waals surface area contributed by atoms with Crippen molar-refractivity contribution in [3.8, 4) is 11.3 Å². The van der Waals surface area contributed by atoms with Crippen LogP contribution in [0.5, 0.6) is 0 Å². The van der Waals surface area contributed by atoms with Crippen molar-refractivity contribution < 1.29 is 9.59 Å². The van der Waals surface area contributed by atoms with Gasteiger partial charge in [0.15, 0.2) is 0 Å². The predicted molar refractivity (Wildman–Crippen MR) is 150 cm³/mol. The lowest BCUT2D eigenvalue weighted by molar-refractivity contribution is 0.0955. The van der Waals surface area contributed by atoms with Crippen molar-refractivity contribution in [2.75, 3.05) is 24.2 Å². The fourth-order valence-corrected chi connectivity index (χ4v) is 6.08. The first-order chi connectivity index (χ1) is 17.9. The molecule has 2 heterocycles. The number of aromatic nitrogens is 1. The molecule has 5 rings (SSSR count). The third kappa shape index (κ3) is 4.97. The van der Waals surface area contributed by atoms with Gasteiger partial charge in [0.1, 0.15) is 0 Å². The molecule has 2 N–H and O–H groups in total. The van der Waals surface area contributed by atoms with Crippen LogP contribution in [0, 0.1) is 6.92 Å². The number of rotatable bonds is 6. The van der Waals surface area contributed by atoms with Crippen LogP contribution in [-0.4, -0.2) is 36.3 Å². The summed E-state index contributed by atoms with van der Waals surface area (Å²) in [7, 11) is 0. The Morgan fingerprint density at radius 2 is 1.78 bits per heavy atom. The average molecular weight is 515 g/mol. The van der Waals surface area contributed by atoms with Crippen LogP contribution in [0.1, 0.15) is 59.8 Å². The van der Waals surface area contributed by atoms with Gasteiger partial charge in [-0.2, -0.15) is 0 Å². The number of anilines is 1. The van der Waals surface area contributed by atoms with Gasteiger partial charge < -0.3 is 10.6 Å². The van der Waals surface area contributed by atoms with E-state index in [0.29, 0.717) is 25.2 Å². The molecule has 0 bridgehead atoms. The van der Waals surface area contributed by atoms with Crippen molar-refractivity contribution in [3.63, 3.8) is 0 Å². The van der Waals surface area contributed by atoms with E-state index in [9.17, 15) is 9.59 Å². The van der Waals surface area contributed by atoms with E-state index in [1.54, 1.807) is 11.8 Å². The minimum absolute atomic E-state index is 0.0641. The summed E-state index contributed by atoms with van der Waals surface area (Å²) in [6, 6.07) is 18.0. The summed E-state index contributed by atoms with van der Waals surface area (Å²) in [6.45, 7) is 5.70. The number of nitrogens with one attached hydrogen (secondary N) is 2. The van der Waals surface area contributed by atoms with Crippen molar-refractivity contribution in [2.24, 2.45) is 0 Å². The van der Waals surface area contributed by atoms with E-state index in [1.807, 2.05) is 43.0 Å². The molecular formula is C30H34N4O2S. The Hall–Kier alpha value is -3.32. The highest BCUT2D eigenvalue weighted by molar-refractivity contribution is 7.98. The van der Waals surface area contributed by atoms with Gasteiger partial charge in [-0.15, -0.1) is 11.8 Å². The molecule has 1 aliphatic carbocycles. The number of pyridine rings is 1. The lowest BCUT2D eigenvalue weighted by atomic mass is 9.84. The highest BCUT2D eigenvalue weighted by atomic mass is 32.2. The van der Waals surface area contributed by atoms with Gasteiger partial charge in [-0.3, -0.25) is 9.69 Å². The maximum absolute atomic E-state index is 13.4. The van der Waals surface area contributed by atoms with Crippen LogP contribution in [-0.2, 0) is 12.0 Å². The summed E-state index contributed by atoms with van der Waals surface area (Å²) in [5.74, 6) is -0.0641. The van der Waals surface area contributed by atoms with Crippen LogP contribution < -0.4 is 15.5 Å². The molecule has 1 aliphatic heterocycles. The number of aryl methyl sites for hydroxylation is 1. The largest absolute Gasteiger partial charge is 0.352 e. The van der Waals surface area contributed by atoms with Crippen molar-refractivity contribution in [1.82, 2.24) is 15.6 Å². The van der Waals surface area contributed by atoms with E-state index in [-0.39, 0.29) is 17.4 Å². The zero-order valence-electron chi connectivity index (χ0n) is 21.8. The van der Waals surface area contributed by atoms with Crippen molar-refractivity contribution in [3.05, 3.63) is 77.0 Å². The highest BCUT2D eigenvalue weighted by Gasteiger charge is 2.47. The van der Waals surface area contributed by atoms with Gasteiger partial charge in [-0.05, 0) is 80.5 Å². The maximum atomic E-state index is 13.4. The molecule has 3 amide bonds. The zero-order valence-corrected chi connectivity index (χ0v) is 22.6. The molecule has 0 atom stereocenters. The monoisotopic (exact) mass is 514 g/mol. The van der Waals surface area contributed by atoms with E-state index >= 15 is 0 Å². The molecule has 1 spiro atoms. The summed E-state index contributed by atoms with van der Waals surface area (Å²) >= 11 is 1.71. The summed E-state index contributed by atoms with van der Waals surface area (Å²) < 4.78 is 0. The second-order valence-corrected chi connectivity index (χ2v) is 10.9. The molecule has 0 saturated heterocycles. The van der Waals surface area contributed by atoms with Crippen LogP contribution in [0.4, 0.5) is 10.5 Å². The Morgan fingerprint density at radius 1 is 1.03 bits per heavy atom. The minimum Gasteiger partial charge on any atom is -0.352 e. The van der Waals surface area contributed by atoms with Gasteiger partial charge >= 0.3 is 6.03 Å². The normalized spacial score (nSPS) is 15.6. The van der Waals surface area contributed by atoms with Crippen molar-refractivity contribution in [2.45, 2.75) is 56.4 Å². The van der Waals surface area contributed by atoms with Gasteiger partial charge in [-0.25, -0.2) is 9.78 Å². The number of hydrogen-bond donors (Lipinski definition) is 2. The fourth-order valence-electron chi connectivity index (χ4n) is 5.67. The topological polar surface area (TPSA) is 74.3 Å². The molecule has 37 heavy (non-hydrogen) atoms.